The average molecular weight is 480 g/mol. The van der Waals surface area contributed by atoms with Crippen LogP contribution in [0.2, 0.25) is 0 Å². The van der Waals surface area contributed by atoms with Gasteiger partial charge in [0, 0.05) is 33.4 Å². The zero-order chi connectivity index (χ0) is 25.3. The van der Waals surface area contributed by atoms with Gasteiger partial charge in [-0.05, 0) is 72.0 Å². The van der Waals surface area contributed by atoms with E-state index in [0.717, 1.165) is 5.82 Å². The summed E-state index contributed by atoms with van der Waals surface area (Å²) in [6.07, 6.45) is 1.94. The minimum absolute atomic E-state index is 0.0517. The maximum Gasteiger partial charge on any atom is 0.137 e. The van der Waals surface area contributed by atoms with Gasteiger partial charge in [0.1, 0.15) is 5.82 Å². The Bertz CT molecular complexity index is 1930. The summed E-state index contributed by atoms with van der Waals surface area (Å²) in [4.78, 5) is 4.84. The Morgan fingerprint density at radius 3 is 1.92 bits per heavy atom. The number of pyridine rings is 1. The van der Waals surface area contributed by atoms with Crippen molar-refractivity contribution in [3.63, 3.8) is 0 Å². The van der Waals surface area contributed by atoms with E-state index in [4.69, 9.17) is 4.98 Å². The SMILES string of the molecule is Cc1ccc2c3cc(-n4c5ccccc5c5ccccc54)ccc3n(-c3cc(C(C)(C)C)ccn3)c2c1. The zero-order valence-corrected chi connectivity index (χ0v) is 21.7. The second-order valence-corrected chi connectivity index (χ2v) is 11.1. The third-order valence-corrected chi connectivity index (χ3v) is 7.58. The van der Waals surface area contributed by atoms with Gasteiger partial charge >= 0.3 is 0 Å². The maximum absolute atomic E-state index is 4.84. The van der Waals surface area contributed by atoms with Crippen molar-refractivity contribution in [2.45, 2.75) is 33.1 Å². The number of aryl methyl sites for hydroxylation is 1. The molecule has 3 aromatic heterocycles. The van der Waals surface area contributed by atoms with Crippen LogP contribution in [0.1, 0.15) is 31.9 Å². The van der Waals surface area contributed by atoms with Crippen LogP contribution in [-0.2, 0) is 5.41 Å². The third-order valence-electron chi connectivity index (χ3n) is 7.58. The molecular weight excluding hydrogens is 450 g/mol. The van der Waals surface area contributed by atoms with Crippen molar-refractivity contribution in [2.75, 3.05) is 0 Å². The van der Waals surface area contributed by atoms with Crippen molar-refractivity contribution in [1.29, 1.82) is 0 Å². The lowest BCUT2D eigenvalue weighted by Crippen LogP contribution is -2.12. The molecule has 0 N–H and O–H groups in total. The first-order valence-electron chi connectivity index (χ1n) is 12.9. The topological polar surface area (TPSA) is 22.8 Å². The van der Waals surface area contributed by atoms with Crippen molar-refractivity contribution in [3.8, 4) is 11.5 Å². The Hall–Kier alpha value is -4.37. The zero-order valence-electron chi connectivity index (χ0n) is 21.7. The first-order chi connectivity index (χ1) is 17.9. The minimum Gasteiger partial charge on any atom is -0.309 e. The number of para-hydroxylation sites is 2. The summed E-state index contributed by atoms with van der Waals surface area (Å²) in [5.74, 6) is 0.961. The van der Waals surface area contributed by atoms with Gasteiger partial charge in [-0.3, -0.25) is 4.57 Å². The smallest absolute Gasteiger partial charge is 0.137 e. The highest BCUT2D eigenvalue weighted by molar-refractivity contribution is 6.12. The summed E-state index contributed by atoms with van der Waals surface area (Å²) in [5.41, 5.74) is 8.55. The van der Waals surface area contributed by atoms with E-state index in [0.29, 0.717) is 0 Å². The fourth-order valence-corrected chi connectivity index (χ4v) is 5.71. The summed E-state index contributed by atoms with van der Waals surface area (Å²) in [6, 6.07) is 35.3. The molecule has 0 aliphatic rings. The number of hydrogen-bond donors (Lipinski definition) is 0. The highest BCUT2D eigenvalue weighted by Gasteiger charge is 2.19. The Morgan fingerprint density at radius 1 is 0.568 bits per heavy atom. The molecule has 37 heavy (non-hydrogen) atoms. The van der Waals surface area contributed by atoms with Gasteiger partial charge in [0.15, 0.2) is 0 Å². The Balaban J connectivity index is 1.55. The van der Waals surface area contributed by atoms with E-state index in [1.807, 2.05) is 6.20 Å². The number of nitrogens with zero attached hydrogens (tertiary/aromatic N) is 3. The average Bonchev–Trinajstić information content (AvgIpc) is 3.40. The lowest BCUT2D eigenvalue weighted by atomic mass is 9.88. The van der Waals surface area contributed by atoms with E-state index in [9.17, 15) is 0 Å². The predicted octanol–water partition coefficient (Wildman–Crippen LogP) is 8.88. The van der Waals surface area contributed by atoms with Crippen LogP contribution >= 0.6 is 0 Å². The molecule has 0 aliphatic heterocycles. The summed E-state index contributed by atoms with van der Waals surface area (Å²) in [7, 11) is 0. The molecule has 7 rings (SSSR count). The fourth-order valence-electron chi connectivity index (χ4n) is 5.71. The van der Waals surface area contributed by atoms with Crippen molar-refractivity contribution < 1.29 is 0 Å². The van der Waals surface area contributed by atoms with E-state index in [-0.39, 0.29) is 5.41 Å². The van der Waals surface area contributed by atoms with Crippen LogP contribution in [0.25, 0.3) is 55.1 Å². The highest BCUT2D eigenvalue weighted by Crippen LogP contribution is 2.37. The van der Waals surface area contributed by atoms with Gasteiger partial charge in [0.25, 0.3) is 0 Å². The highest BCUT2D eigenvalue weighted by atomic mass is 15.1. The maximum atomic E-state index is 4.84. The standard InChI is InChI=1S/C34H29N3/c1-22-13-15-27-28-21-24(36-29-11-7-5-9-25(29)26-10-6-8-12-30(26)36)14-16-31(28)37(32(27)19-22)33-20-23(17-18-35-33)34(2,3)4/h5-21H,1-4H3. The third kappa shape index (κ3) is 3.31. The fraction of sp³-hybridized carbons (Fsp3) is 0.147. The van der Waals surface area contributed by atoms with E-state index in [1.54, 1.807) is 0 Å². The first-order valence-corrected chi connectivity index (χ1v) is 12.9. The van der Waals surface area contributed by atoms with Gasteiger partial charge in [-0.2, -0.15) is 0 Å². The van der Waals surface area contributed by atoms with Crippen LogP contribution in [0.5, 0.6) is 0 Å². The molecule has 0 amide bonds. The second-order valence-electron chi connectivity index (χ2n) is 11.1. The molecule has 0 unspecified atom stereocenters. The van der Waals surface area contributed by atoms with Crippen LogP contribution in [0.15, 0.2) is 103 Å². The summed E-state index contributed by atoms with van der Waals surface area (Å²) in [6.45, 7) is 8.91. The molecule has 0 saturated carbocycles. The van der Waals surface area contributed by atoms with Gasteiger partial charge < -0.3 is 4.57 Å². The molecule has 0 radical (unpaired) electrons. The first kappa shape index (κ1) is 21.9. The van der Waals surface area contributed by atoms with Gasteiger partial charge in [-0.1, -0.05) is 69.3 Å². The second kappa shape index (κ2) is 7.81. The Morgan fingerprint density at radius 2 is 1.22 bits per heavy atom. The van der Waals surface area contributed by atoms with E-state index >= 15 is 0 Å². The molecule has 3 nitrogen and oxygen atoms in total. The normalized spacial score (nSPS) is 12.3. The van der Waals surface area contributed by atoms with Gasteiger partial charge in [0.05, 0.1) is 22.1 Å². The van der Waals surface area contributed by atoms with Crippen LogP contribution in [-0.4, -0.2) is 14.1 Å². The van der Waals surface area contributed by atoms with E-state index in [2.05, 4.69) is 134 Å². The molecule has 0 saturated heterocycles. The summed E-state index contributed by atoms with van der Waals surface area (Å²) < 4.78 is 4.71. The van der Waals surface area contributed by atoms with Gasteiger partial charge in [-0.15, -0.1) is 0 Å². The molecule has 0 atom stereocenters. The molecule has 3 heterocycles. The molecule has 7 aromatic rings. The van der Waals surface area contributed by atoms with Crippen molar-refractivity contribution in [1.82, 2.24) is 14.1 Å². The molecule has 0 bridgehead atoms. The Kier molecular flexibility index (Phi) is 4.62. The van der Waals surface area contributed by atoms with Gasteiger partial charge in [0.2, 0.25) is 0 Å². The molecule has 3 heteroatoms. The monoisotopic (exact) mass is 479 g/mol. The Labute approximate surface area is 216 Å². The number of aromatic nitrogens is 3. The minimum atomic E-state index is 0.0517. The van der Waals surface area contributed by atoms with Crippen LogP contribution in [0.3, 0.4) is 0 Å². The molecule has 4 aromatic carbocycles. The number of rotatable bonds is 2. The van der Waals surface area contributed by atoms with Crippen molar-refractivity contribution >= 4 is 43.6 Å². The number of fused-ring (bicyclic) bond motifs is 6. The molecular formula is C34H29N3. The van der Waals surface area contributed by atoms with Crippen LogP contribution in [0.4, 0.5) is 0 Å². The molecule has 180 valence electrons. The quantitative estimate of drug-likeness (QED) is 0.243. The van der Waals surface area contributed by atoms with Crippen molar-refractivity contribution in [2.24, 2.45) is 0 Å². The summed E-state index contributed by atoms with van der Waals surface area (Å²) >= 11 is 0. The van der Waals surface area contributed by atoms with Crippen molar-refractivity contribution in [3.05, 3.63) is 114 Å². The number of benzene rings is 4. The largest absolute Gasteiger partial charge is 0.309 e. The number of hydrogen-bond acceptors (Lipinski definition) is 1. The molecule has 0 fully saturated rings. The molecule has 0 spiro atoms. The predicted molar refractivity (Wildman–Crippen MR) is 156 cm³/mol. The lowest BCUT2D eigenvalue weighted by Gasteiger charge is -2.20. The lowest BCUT2D eigenvalue weighted by molar-refractivity contribution is 0.588. The van der Waals surface area contributed by atoms with Crippen LogP contribution < -0.4 is 0 Å². The van der Waals surface area contributed by atoms with E-state index in [1.165, 1.54) is 60.4 Å². The molecule has 0 aliphatic carbocycles. The summed E-state index contributed by atoms with van der Waals surface area (Å²) in [5, 5.41) is 5.03. The van der Waals surface area contributed by atoms with E-state index < -0.39 is 0 Å². The van der Waals surface area contributed by atoms with Crippen LogP contribution in [0, 0.1) is 6.92 Å². The van der Waals surface area contributed by atoms with Gasteiger partial charge in [-0.25, -0.2) is 4.98 Å².